The average molecular weight is 263 g/mol. The van der Waals surface area contributed by atoms with Crippen LogP contribution in [0.25, 0.3) is 0 Å². The molecule has 0 radical (unpaired) electrons. The Kier molecular flexibility index (Phi) is 4.13. The van der Waals surface area contributed by atoms with Crippen LogP contribution in [0.15, 0.2) is 35.2 Å². The minimum absolute atomic E-state index is 0.921. The topological polar surface area (TPSA) is 26.0 Å². The monoisotopic (exact) mass is 263 g/mol. The van der Waals surface area contributed by atoms with Crippen molar-refractivity contribution in [1.29, 1.82) is 0 Å². The van der Waals surface area contributed by atoms with Gasteiger partial charge >= 0.3 is 0 Å². The molecule has 0 spiro atoms. The van der Waals surface area contributed by atoms with Crippen LogP contribution in [0.5, 0.6) is 0 Å². The van der Waals surface area contributed by atoms with Crippen LogP contribution < -0.4 is 5.73 Å². The number of anilines is 1. The predicted octanol–water partition coefficient (Wildman–Crippen LogP) is 4.49. The number of benzene rings is 1. The number of thiophene rings is 1. The largest absolute Gasteiger partial charge is 0.398 e. The second kappa shape index (κ2) is 5.61. The summed E-state index contributed by atoms with van der Waals surface area (Å²) in [6.45, 7) is 4.25. The van der Waals surface area contributed by atoms with Gasteiger partial charge in [0.2, 0.25) is 0 Å². The second-order valence-corrected chi connectivity index (χ2v) is 6.27. The molecule has 1 aromatic heterocycles. The van der Waals surface area contributed by atoms with E-state index in [0.717, 1.165) is 23.4 Å². The molecule has 0 aliphatic carbocycles. The van der Waals surface area contributed by atoms with Gasteiger partial charge in [0.05, 0.1) is 0 Å². The number of aryl methyl sites for hydroxylation is 2. The van der Waals surface area contributed by atoms with Crippen molar-refractivity contribution in [3.8, 4) is 0 Å². The molecule has 2 N–H and O–H groups in total. The van der Waals surface area contributed by atoms with Gasteiger partial charge in [0.25, 0.3) is 0 Å². The van der Waals surface area contributed by atoms with Crippen molar-refractivity contribution in [1.82, 2.24) is 0 Å². The normalized spacial score (nSPS) is 10.7. The fraction of sp³-hybridized carbons (Fsp3) is 0.286. The lowest BCUT2D eigenvalue weighted by molar-refractivity contribution is 1.19. The zero-order valence-electron chi connectivity index (χ0n) is 10.2. The van der Waals surface area contributed by atoms with E-state index in [1.807, 2.05) is 23.1 Å². The number of hydrogen-bond acceptors (Lipinski definition) is 3. The fourth-order valence-corrected chi connectivity index (χ4v) is 3.67. The van der Waals surface area contributed by atoms with E-state index in [-0.39, 0.29) is 0 Å². The molecular weight excluding hydrogens is 246 g/mol. The van der Waals surface area contributed by atoms with Crippen molar-refractivity contribution >= 4 is 28.8 Å². The molecule has 0 unspecified atom stereocenters. The Bertz CT molecular complexity index is 503. The highest BCUT2D eigenvalue weighted by Crippen LogP contribution is 2.31. The average Bonchev–Trinajstić information content (AvgIpc) is 2.79. The zero-order chi connectivity index (χ0) is 12.3. The standard InChI is InChI=1S/C14H17NS2/c1-3-11-7-8-12(17-11)9-16-13-6-4-5-10(2)14(13)15/h4-8H,3,9,15H2,1-2H3. The summed E-state index contributed by atoms with van der Waals surface area (Å²) in [7, 11) is 0. The lowest BCUT2D eigenvalue weighted by Crippen LogP contribution is -1.91. The lowest BCUT2D eigenvalue weighted by Gasteiger charge is -2.06. The maximum Gasteiger partial charge on any atom is 0.0482 e. The number of nitrogens with two attached hydrogens (primary N) is 1. The summed E-state index contributed by atoms with van der Waals surface area (Å²) in [5.74, 6) is 1.01. The van der Waals surface area contributed by atoms with E-state index in [0.29, 0.717) is 0 Å². The highest BCUT2D eigenvalue weighted by molar-refractivity contribution is 7.98. The smallest absolute Gasteiger partial charge is 0.0482 e. The Labute approximate surface area is 111 Å². The molecule has 2 aromatic rings. The molecule has 0 aliphatic heterocycles. The van der Waals surface area contributed by atoms with Crippen LogP contribution in [-0.2, 0) is 12.2 Å². The van der Waals surface area contributed by atoms with Crippen molar-refractivity contribution in [2.75, 3.05) is 5.73 Å². The predicted molar refractivity (Wildman–Crippen MR) is 78.8 cm³/mol. The number of thioether (sulfide) groups is 1. The van der Waals surface area contributed by atoms with Crippen molar-refractivity contribution < 1.29 is 0 Å². The molecule has 1 nitrogen and oxygen atoms in total. The van der Waals surface area contributed by atoms with Gasteiger partial charge in [-0.05, 0) is 37.1 Å². The second-order valence-electron chi connectivity index (χ2n) is 4.00. The summed E-state index contributed by atoms with van der Waals surface area (Å²) < 4.78 is 0. The molecule has 0 bridgehead atoms. The number of nitrogen functional groups attached to an aromatic ring is 1. The third-order valence-corrected chi connectivity index (χ3v) is 5.25. The van der Waals surface area contributed by atoms with Gasteiger partial charge in [-0.3, -0.25) is 0 Å². The van der Waals surface area contributed by atoms with E-state index in [2.05, 4.69) is 44.2 Å². The fourth-order valence-electron chi connectivity index (χ4n) is 1.62. The quantitative estimate of drug-likeness (QED) is 0.649. The van der Waals surface area contributed by atoms with Crippen LogP contribution >= 0.6 is 23.1 Å². The van der Waals surface area contributed by atoms with E-state index in [4.69, 9.17) is 5.73 Å². The highest BCUT2D eigenvalue weighted by Gasteiger charge is 2.04. The van der Waals surface area contributed by atoms with E-state index < -0.39 is 0 Å². The molecule has 0 amide bonds. The summed E-state index contributed by atoms with van der Waals surface area (Å²) in [6, 6.07) is 10.7. The Morgan fingerprint density at radius 3 is 2.65 bits per heavy atom. The first kappa shape index (κ1) is 12.5. The molecule has 3 heteroatoms. The van der Waals surface area contributed by atoms with Crippen LogP contribution in [0.1, 0.15) is 22.2 Å². The van der Waals surface area contributed by atoms with Gasteiger partial charge in [-0.15, -0.1) is 23.1 Å². The van der Waals surface area contributed by atoms with Gasteiger partial charge in [-0.25, -0.2) is 0 Å². The Morgan fingerprint density at radius 2 is 1.94 bits per heavy atom. The van der Waals surface area contributed by atoms with Crippen molar-refractivity contribution in [2.45, 2.75) is 30.9 Å². The Hall–Kier alpha value is -0.930. The molecule has 0 saturated heterocycles. The molecule has 0 aliphatic rings. The molecule has 0 atom stereocenters. The van der Waals surface area contributed by atoms with Gasteiger partial charge in [-0.1, -0.05) is 19.1 Å². The molecule has 17 heavy (non-hydrogen) atoms. The maximum absolute atomic E-state index is 6.06. The molecule has 1 heterocycles. The third kappa shape index (κ3) is 3.05. The summed E-state index contributed by atoms with van der Waals surface area (Å²) >= 11 is 3.72. The summed E-state index contributed by atoms with van der Waals surface area (Å²) in [6.07, 6.45) is 1.13. The van der Waals surface area contributed by atoms with Crippen LogP contribution in [0, 0.1) is 6.92 Å². The SMILES string of the molecule is CCc1ccc(CSc2cccc(C)c2N)s1. The number of para-hydroxylation sites is 1. The number of hydrogen-bond donors (Lipinski definition) is 1. The summed E-state index contributed by atoms with van der Waals surface area (Å²) in [4.78, 5) is 4.07. The highest BCUT2D eigenvalue weighted by atomic mass is 32.2. The minimum Gasteiger partial charge on any atom is -0.398 e. The van der Waals surface area contributed by atoms with E-state index in [1.54, 1.807) is 0 Å². The summed E-state index contributed by atoms with van der Waals surface area (Å²) in [5.41, 5.74) is 8.14. The minimum atomic E-state index is 0.921. The molecule has 0 saturated carbocycles. The first-order valence-electron chi connectivity index (χ1n) is 5.76. The third-order valence-electron chi connectivity index (χ3n) is 2.72. The van der Waals surface area contributed by atoms with E-state index in [9.17, 15) is 0 Å². The molecule has 1 aromatic carbocycles. The maximum atomic E-state index is 6.06. The van der Waals surface area contributed by atoms with Crippen molar-refractivity contribution in [2.24, 2.45) is 0 Å². The Morgan fingerprint density at radius 1 is 1.18 bits per heavy atom. The zero-order valence-corrected chi connectivity index (χ0v) is 11.8. The molecule has 0 fully saturated rings. The first-order valence-corrected chi connectivity index (χ1v) is 7.56. The summed E-state index contributed by atoms with van der Waals surface area (Å²) in [5, 5.41) is 0. The van der Waals surface area contributed by atoms with E-state index in [1.165, 1.54) is 14.6 Å². The molecule has 90 valence electrons. The van der Waals surface area contributed by atoms with Crippen molar-refractivity contribution in [3.05, 3.63) is 45.6 Å². The van der Waals surface area contributed by atoms with Crippen LogP contribution in [-0.4, -0.2) is 0 Å². The van der Waals surface area contributed by atoms with Gasteiger partial charge in [0, 0.05) is 26.1 Å². The lowest BCUT2D eigenvalue weighted by atomic mass is 10.2. The van der Waals surface area contributed by atoms with Gasteiger partial charge in [-0.2, -0.15) is 0 Å². The van der Waals surface area contributed by atoms with Gasteiger partial charge in [0.1, 0.15) is 0 Å². The van der Waals surface area contributed by atoms with E-state index >= 15 is 0 Å². The van der Waals surface area contributed by atoms with Gasteiger partial charge < -0.3 is 5.73 Å². The number of rotatable bonds is 4. The van der Waals surface area contributed by atoms with Crippen LogP contribution in [0.3, 0.4) is 0 Å². The van der Waals surface area contributed by atoms with Crippen LogP contribution in [0.4, 0.5) is 5.69 Å². The molecular formula is C14H17NS2. The van der Waals surface area contributed by atoms with Crippen molar-refractivity contribution in [3.63, 3.8) is 0 Å². The van der Waals surface area contributed by atoms with Crippen LogP contribution in [0.2, 0.25) is 0 Å². The molecule has 2 rings (SSSR count). The Balaban J connectivity index is 2.04. The first-order chi connectivity index (χ1) is 8.20. The van der Waals surface area contributed by atoms with Gasteiger partial charge in [0.15, 0.2) is 0 Å².